The van der Waals surface area contributed by atoms with Crippen molar-refractivity contribution in [1.29, 1.82) is 0 Å². The van der Waals surface area contributed by atoms with Crippen LogP contribution in [0.5, 0.6) is 0 Å². The highest BCUT2D eigenvalue weighted by Gasteiger charge is 2.30. The predicted octanol–water partition coefficient (Wildman–Crippen LogP) is 5.03. The van der Waals surface area contributed by atoms with Crippen molar-refractivity contribution in [1.82, 2.24) is 9.88 Å². The Morgan fingerprint density at radius 3 is 2.43 bits per heavy atom. The maximum atomic E-state index is 12.7. The molecule has 0 spiro atoms. The highest BCUT2D eigenvalue weighted by Crippen LogP contribution is 2.31. The van der Waals surface area contributed by atoms with Gasteiger partial charge in [0.05, 0.1) is 10.5 Å². The number of nitrogens with one attached hydrogen (secondary N) is 1. The average Bonchev–Trinajstić information content (AvgIpc) is 3.18. The van der Waals surface area contributed by atoms with Crippen LogP contribution >= 0.6 is 11.8 Å². The molecule has 2 aromatic carbocycles. The molecule has 2 heterocycles. The number of thioether (sulfide) groups is 1. The monoisotopic (exact) mass is 402 g/mol. The first-order valence-electron chi connectivity index (χ1n) is 8.30. The van der Waals surface area contributed by atoms with Crippen LogP contribution in [0.1, 0.15) is 16.7 Å². The van der Waals surface area contributed by atoms with Gasteiger partial charge in [0.15, 0.2) is 0 Å². The standard InChI is InChI=1S/C20H13F3N2O2S/c21-20(22,23)14-6-4-12(5-7-14)11-25-9-8-15-13(2-1-3-16(15)25)10-17-18(26)24-19(27)28-17/h1-10H,11H2,(H,24,26,27)/b17-10-. The van der Waals surface area contributed by atoms with E-state index in [0.717, 1.165) is 45.9 Å². The van der Waals surface area contributed by atoms with Crippen molar-refractivity contribution in [3.05, 3.63) is 76.3 Å². The quantitative estimate of drug-likeness (QED) is 0.625. The minimum atomic E-state index is -4.35. The molecule has 3 aromatic rings. The summed E-state index contributed by atoms with van der Waals surface area (Å²) in [6, 6.07) is 12.5. The summed E-state index contributed by atoms with van der Waals surface area (Å²) in [7, 11) is 0. The van der Waals surface area contributed by atoms with E-state index in [-0.39, 0.29) is 0 Å². The van der Waals surface area contributed by atoms with Crippen molar-refractivity contribution in [2.24, 2.45) is 0 Å². The Balaban J connectivity index is 1.64. The number of nitrogens with zero attached hydrogens (tertiary/aromatic N) is 1. The predicted molar refractivity (Wildman–Crippen MR) is 102 cm³/mol. The molecule has 0 atom stereocenters. The third-order valence-corrected chi connectivity index (χ3v) is 5.22. The lowest BCUT2D eigenvalue weighted by atomic mass is 10.1. The molecule has 4 rings (SSSR count). The minimum Gasteiger partial charge on any atom is -0.343 e. The topological polar surface area (TPSA) is 51.1 Å². The second-order valence-electron chi connectivity index (χ2n) is 6.27. The van der Waals surface area contributed by atoms with E-state index in [0.29, 0.717) is 11.4 Å². The first kappa shape index (κ1) is 18.4. The first-order valence-corrected chi connectivity index (χ1v) is 9.12. The van der Waals surface area contributed by atoms with Gasteiger partial charge in [0, 0.05) is 23.6 Å². The van der Waals surface area contributed by atoms with Gasteiger partial charge in [0.1, 0.15) is 0 Å². The normalized spacial score (nSPS) is 16.2. The molecule has 2 amide bonds. The van der Waals surface area contributed by atoms with Crippen molar-refractivity contribution in [2.75, 3.05) is 0 Å². The smallest absolute Gasteiger partial charge is 0.343 e. The number of halogens is 3. The molecule has 0 aliphatic carbocycles. The number of aromatic nitrogens is 1. The van der Waals surface area contributed by atoms with Crippen molar-refractivity contribution in [2.45, 2.75) is 12.7 Å². The first-order chi connectivity index (χ1) is 13.3. The Labute approximate surface area is 162 Å². The van der Waals surface area contributed by atoms with Gasteiger partial charge >= 0.3 is 6.18 Å². The van der Waals surface area contributed by atoms with Crippen molar-refractivity contribution in [3.63, 3.8) is 0 Å². The third-order valence-electron chi connectivity index (χ3n) is 4.41. The molecular weight excluding hydrogens is 389 g/mol. The van der Waals surface area contributed by atoms with Gasteiger partial charge in [0.2, 0.25) is 0 Å². The number of alkyl halides is 3. The second kappa shape index (κ2) is 6.87. The number of benzene rings is 2. The Bertz CT molecular complexity index is 1110. The summed E-state index contributed by atoms with van der Waals surface area (Å²) in [6.07, 6.45) is -0.847. The molecule has 0 unspecified atom stereocenters. The summed E-state index contributed by atoms with van der Waals surface area (Å²) in [6.45, 7) is 0.412. The van der Waals surface area contributed by atoms with Crippen LogP contribution in [0.4, 0.5) is 18.0 Å². The van der Waals surface area contributed by atoms with Crippen LogP contribution in [0, 0.1) is 0 Å². The fourth-order valence-corrected chi connectivity index (χ4v) is 3.74. The van der Waals surface area contributed by atoms with Gasteiger partial charge in [-0.2, -0.15) is 13.2 Å². The molecule has 1 aromatic heterocycles. The molecule has 1 aliphatic rings. The van der Waals surface area contributed by atoms with E-state index >= 15 is 0 Å². The second-order valence-corrected chi connectivity index (χ2v) is 7.29. The number of rotatable bonds is 3. The van der Waals surface area contributed by atoms with Gasteiger partial charge in [-0.1, -0.05) is 24.3 Å². The molecule has 4 nitrogen and oxygen atoms in total. The van der Waals surface area contributed by atoms with Crippen molar-refractivity contribution < 1.29 is 22.8 Å². The largest absolute Gasteiger partial charge is 0.416 e. The fourth-order valence-electron chi connectivity index (χ4n) is 3.07. The lowest BCUT2D eigenvalue weighted by Crippen LogP contribution is -2.17. The molecule has 28 heavy (non-hydrogen) atoms. The van der Waals surface area contributed by atoms with E-state index in [2.05, 4.69) is 5.32 Å². The number of fused-ring (bicyclic) bond motifs is 1. The molecular formula is C20H13F3N2O2S. The highest BCUT2D eigenvalue weighted by molar-refractivity contribution is 8.18. The van der Waals surface area contributed by atoms with Gasteiger partial charge in [0.25, 0.3) is 11.1 Å². The minimum absolute atomic E-state index is 0.327. The summed E-state index contributed by atoms with van der Waals surface area (Å²) in [5, 5.41) is 2.70. The van der Waals surface area contributed by atoms with E-state index in [9.17, 15) is 22.8 Å². The Kier molecular flexibility index (Phi) is 4.50. The van der Waals surface area contributed by atoms with Gasteiger partial charge in [-0.15, -0.1) is 0 Å². The van der Waals surface area contributed by atoms with Crippen LogP contribution in [-0.4, -0.2) is 15.7 Å². The summed E-state index contributed by atoms with van der Waals surface area (Å²) >= 11 is 0.853. The number of carbonyl (C=O) groups excluding carboxylic acids is 2. The molecule has 1 saturated heterocycles. The van der Waals surface area contributed by atoms with Gasteiger partial charge < -0.3 is 4.57 Å². The third kappa shape index (κ3) is 3.55. The number of hydrogen-bond donors (Lipinski definition) is 1. The average molecular weight is 402 g/mol. The van der Waals surface area contributed by atoms with Crippen LogP contribution in [-0.2, 0) is 17.5 Å². The van der Waals surface area contributed by atoms with Crippen molar-refractivity contribution >= 4 is 39.9 Å². The SMILES string of the molecule is O=C1NC(=O)/C(=C/c2cccc3c2ccn3Cc2ccc(C(F)(F)F)cc2)S1. The summed E-state index contributed by atoms with van der Waals surface area (Å²) in [4.78, 5) is 23.4. The zero-order chi connectivity index (χ0) is 19.9. The molecule has 1 aliphatic heterocycles. The molecule has 8 heteroatoms. The maximum absolute atomic E-state index is 12.7. The fraction of sp³-hybridized carbons (Fsp3) is 0.100. The number of hydrogen-bond acceptors (Lipinski definition) is 3. The zero-order valence-electron chi connectivity index (χ0n) is 14.3. The molecule has 0 saturated carbocycles. The van der Waals surface area contributed by atoms with E-state index in [1.807, 2.05) is 35.0 Å². The molecule has 1 fully saturated rings. The van der Waals surface area contributed by atoms with Crippen LogP contribution < -0.4 is 5.32 Å². The van der Waals surface area contributed by atoms with Gasteiger partial charge in [-0.25, -0.2) is 0 Å². The van der Waals surface area contributed by atoms with Gasteiger partial charge in [-0.05, 0) is 53.2 Å². The number of imide groups is 1. The maximum Gasteiger partial charge on any atom is 0.416 e. The van der Waals surface area contributed by atoms with E-state index in [1.54, 1.807) is 6.08 Å². The Hall–Kier alpha value is -3.00. The van der Waals surface area contributed by atoms with Gasteiger partial charge in [-0.3, -0.25) is 14.9 Å². The van der Waals surface area contributed by atoms with E-state index in [4.69, 9.17) is 0 Å². The molecule has 0 bridgehead atoms. The summed E-state index contributed by atoms with van der Waals surface area (Å²) in [5.41, 5.74) is 1.73. The number of carbonyl (C=O) groups is 2. The van der Waals surface area contributed by atoms with Crippen LogP contribution in [0.2, 0.25) is 0 Å². The zero-order valence-corrected chi connectivity index (χ0v) is 15.1. The van der Waals surface area contributed by atoms with Crippen LogP contribution in [0.15, 0.2) is 59.6 Å². The Morgan fingerprint density at radius 1 is 1.04 bits per heavy atom. The van der Waals surface area contributed by atoms with E-state index < -0.39 is 22.9 Å². The molecule has 142 valence electrons. The lowest BCUT2D eigenvalue weighted by molar-refractivity contribution is -0.137. The summed E-state index contributed by atoms with van der Waals surface area (Å²) < 4.78 is 40.0. The molecule has 0 radical (unpaired) electrons. The highest BCUT2D eigenvalue weighted by atomic mass is 32.2. The summed E-state index contributed by atoms with van der Waals surface area (Å²) in [5.74, 6) is -0.420. The molecule has 1 N–H and O–H groups in total. The Morgan fingerprint density at radius 2 is 1.79 bits per heavy atom. The van der Waals surface area contributed by atoms with Crippen LogP contribution in [0.25, 0.3) is 17.0 Å². The van der Waals surface area contributed by atoms with Crippen LogP contribution in [0.3, 0.4) is 0 Å². The lowest BCUT2D eigenvalue weighted by Gasteiger charge is -2.09. The number of amides is 2. The van der Waals surface area contributed by atoms with E-state index in [1.165, 1.54) is 12.1 Å². The van der Waals surface area contributed by atoms with Crippen molar-refractivity contribution in [3.8, 4) is 0 Å².